The third-order valence-electron chi connectivity index (χ3n) is 5.72. The van der Waals surface area contributed by atoms with Crippen molar-refractivity contribution in [1.29, 1.82) is 0 Å². The van der Waals surface area contributed by atoms with Crippen LogP contribution in [-0.4, -0.2) is 42.5 Å². The Labute approximate surface area is 171 Å². The van der Waals surface area contributed by atoms with E-state index in [1.165, 1.54) is 11.1 Å². The molecule has 4 rings (SSSR count). The Morgan fingerprint density at radius 3 is 2.83 bits per heavy atom. The summed E-state index contributed by atoms with van der Waals surface area (Å²) in [4.78, 5) is 26.1. The van der Waals surface area contributed by atoms with E-state index in [9.17, 15) is 9.59 Å². The largest absolute Gasteiger partial charge is 0.484 e. The molecule has 2 heterocycles. The Morgan fingerprint density at radius 1 is 1.14 bits per heavy atom. The standard InChI is InChI=1S/C23H27N3O3/c1-16(26-11-10-17-4-2-3-5-19(17)14-26)13-24-23(28)15-29-20-7-8-21-18(12-20)6-9-22(27)25-21/h2-5,7-8,12,16H,6,9-11,13-15H2,1H3,(H,24,28)(H,25,27)/t16-/m1/s1. The SMILES string of the molecule is C[C@H](CNC(=O)COc1ccc2c(c1)CCC(=O)N2)N1CCc2ccccc2C1. The highest BCUT2D eigenvalue weighted by Crippen LogP contribution is 2.26. The number of ether oxygens (including phenoxy) is 1. The fourth-order valence-electron chi connectivity index (χ4n) is 3.93. The maximum atomic E-state index is 12.2. The lowest BCUT2D eigenvalue weighted by molar-refractivity contribution is -0.123. The van der Waals surface area contributed by atoms with Gasteiger partial charge in [-0.05, 0) is 54.7 Å². The zero-order valence-corrected chi connectivity index (χ0v) is 16.7. The molecule has 6 heteroatoms. The maximum Gasteiger partial charge on any atom is 0.257 e. The molecule has 0 aliphatic carbocycles. The van der Waals surface area contributed by atoms with E-state index in [0.717, 1.165) is 30.8 Å². The number of fused-ring (bicyclic) bond motifs is 2. The minimum atomic E-state index is -0.125. The Bertz CT molecular complexity index is 912. The first-order valence-electron chi connectivity index (χ1n) is 10.2. The highest BCUT2D eigenvalue weighted by Gasteiger charge is 2.21. The summed E-state index contributed by atoms with van der Waals surface area (Å²) in [6.07, 6.45) is 2.23. The van der Waals surface area contributed by atoms with E-state index in [4.69, 9.17) is 4.74 Å². The average molecular weight is 393 g/mol. The van der Waals surface area contributed by atoms with Crippen LogP contribution in [-0.2, 0) is 29.0 Å². The summed E-state index contributed by atoms with van der Waals surface area (Å²) in [5.74, 6) is 0.563. The predicted molar refractivity (Wildman–Crippen MR) is 112 cm³/mol. The molecule has 2 aromatic carbocycles. The second-order valence-corrected chi connectivity index (χ2v) is 7.80. The normalized spacial score (nSPS) is 16.9. The molecule has 0 aromatic heterocycles. The van der Waals surface area contributed by atoms with Gasteiger partial charge in [0.15, 0.2) is 6.61 Å². The van der Waals surface area contributed by atoms with Crippen molar-refractivity contribution in [3.05, 3.63) is 59.2 Å². The number of anilines is 1. The van der Waals surface area contributed by atoms with Crippen molar-refractivity contribution in [2.45, 2.75) is 38.8 Å². The molecule has 6 nitrogen and oxygen atoms in total. The molecule has 0 saturated carbocycles. The number of hydrogen-bond donors (Lipinski definition) is 2. The van der Waals surface area contributed by atoms with E-state index in [0.29, 0.717) is 25.1 Å². The third kappa shape index (κ3) is 4.77. The number of amides is 2. The number of carbonyl (C=O) groups is 2. The van der Waals surface area contributed by atoms with Gasteiger partial charge in [0, 0.05) is 37.8 Å². The van der Waals surface area contributed by atoms with E-state index >= 15 is 0 Å². The van der Waals surface area contributed by atoms with Crippen molar-refractivity contribution >= 4 is 17.5 Å². The van der Waals surface area contributed by atoms with Crippen LogP contribution >= 0.6 is 0 Å². The van der Waals surface area contributed by atoms with Gasteiger partial charge in [-0.2, -0.15) is 0 Å². The molecule has 29 heavy (non-hydrogen) atoms. The highest BCUT2D eigenvalue weighted by atomic mass is 16.5. The number of benzene rings is 2. The molecule has 2 N–H and O–H groups in total. The Balaban J connectivity index is 1.23. The van der Waals surface area contributed by atoms with Crippen molar-refractivity contribution in [3.63, 3.8) is 0 Å². The predicted octanol–water partition coefficient (Wildman–Crippen LogP) is 2.51. The highest BCUT2D eigenvalue weighted by molar-refractivity contribution is 5.94. The van der Waals surface area contributed by atoms with Gasteiger partial charge in [-0.25, -0.2) is 0 Å². The van der Waals surface area contributed by atoms with E-state index in [1.807, 2.05) is 12.1 Å². The third-order valence-corrected chi connectivity index (χ3v) is 5.72. The van der Waals surface area contributed by atoms with Crippen LogP contribution in [0.4, 0.5) is 5.69 Å². The molecule has 0 fully saturated rings. The zero-order valence-electron chi connectivity index (χ0n) is 16.7. The molecule has 0 spiro atoms. The summed E-state index contributed by atoms with van der Waals surface area (Å²) in [6.45, 7) is 4.67. The van der Waals surface area contributed by atoms with Crippen LogP contribution < -0.4 is 15.4 Å². The molecule has 0 bridgehead atoms. The van der Waals surface area contributed by atoms with Crippen molar-refractivity contribution in [1.82, 2.24) is 10.2 Å². The molecule has 2 aliphatic heterocycles. The first-order chi connectivity index (χ1) is 14.1. The van der Waals surface area contributed by atoms with Crippen molar-refractivity contribution in [2.24, 2.45) is 0 Å². The average Bonchev–Trinajstić information content (AvgIpc) is 2.75. The van der Waals surface area contributed by atoms with Gasteiger partial charge >= 0.3 is 0 Å². The summed E-state index contributed by atoms with van der Waals surface area (Å²) < 4.78 is 5.65. The summed E-state index contributed by atoms with van der Waals surface area (Å²) >= 11 is 0. The zero-order chi connectivity index (χ0) is 20.2. The summed E-state index contributed by atoms with van der Waals surface area (Å²) in [7, 11) is 0. The molecule has 152 valence electrons. The van der Waals surface area contributed by atoms with Gasteiger partial charge in [0.25, 0.3) is 5.91 Å². The number of nitrogens with one attached hydrogen (secondary N) is 2. The minimum Gasteiger partial charge on any atom is -0.484 e. The molecule has 0 saturated heterocycles. The molecule has 1 atom stereocenters. The van der Waals surface area contributed by atoms with Crippen LogP contribution in [0.1, 0.15) is 30.0 Å². The van der Waals surface area contributed by atoms with Gasteiger partial charge in [-0.1, -0.05) is 24.3 Å². The van der Waals surface area contributed by atoms with Crippen LogP contribution in [0.15, 0.2) is 42.5 Å². The number of nitrogens with zero attached hydrogens (tertiary/aromatic N) is 1. The van der Waals surface area contributed by atoms with Gasteiger partial charge in [-0.3, -0.25) is 14.5 Å². The number of rotatable bonds is 6. The van der Waals surface area contributed by atoms with Crippen LogP contribution in [0, 0.1) is 0 Å². The smallest absolute Gasteiger partial charge is 0.257 e. The minimum absolute atomic E-state index is 0.0132. The van der Waals surface area contributed by atoms with Crippen molar-refractivity contribution in [3.8, 4) is 5.75 Å². The van der Waals surface area contributed by atoms with Gasteiger partial charge < -0.3 is 15.4 Å². The Morgan fingerprint density at radius 2 is 1.97 bits per heavy atom. The monoisotopic (exact) mass is 393 g/mol. The Kier molecular flexibility index (Phi) is 5.81. The number of hydrogen-bond acceptors (Lipinski definition) is 4. The van der Waals surface area contributed by atoms with Gasteiger partial charge in [0.2, 0.25) is 5.91 Å². The second-order valence-electron chi connectivity index (χ2n) is 7.80. The lowest BCUT2D eigenvalue weighted by atomic mass is 9.99. The number of carbonyl (C=O) groups excluding carboxylic acids is 2. The first kappa shape index (κ1) is 19.5. The molecular weight excluding hydrogens is 366 g/mol. The van der Waals surface area contributed by atoms with E-state index in [1.54, 1.807) is 6.07 Å². The van der Waals surface area contributed by atoms with Crippen LogP contribution in [0.5, 0.6) is 5.75 Å². The van der Waals surface area contributed by atoms with Gasteiger partial charge in [0.1, 0.15) is 5.75 Å². The fraction of sp³-hybridized carbons (Fsp3) is 0.391. The molecule has 0 unspecified atom stereocenters. The topological polar surface area (TPSA) is 70.7 Å². The van der Waals surface area contributed by atoms with E-state index < -0.39 is 0 Å². The van der Waals surface area contributed by atoms with E-state index in [2.05, 4.69) is 46.7 Å². The van der Waals surface area contributed by atoms with Crippen LogP contribution in [0.2, 0.25) is 0 Å². The quantitative estimate of drug-likeness (QED) is 0.791. The second kappa shape index (κ2) is 8.66. The molecule has 2 aliphatic rings. The summed E-state index contributed by atoms with van der Waals surface area (Å²) in [5, 5.41) is 5.82. The molecule has 2 amide bonds. The van der Waals surface area contributed by atoms with E-state index in [-0.39, 0.29) is 24.5 Å². The lowest BCUT2D eigenvalue weighted by Gasteiger charge is -2.33. The fourth-order valence-corrected chi connectivity index (χ4v) is 3.93. The lowest BCUT2D eigenvalue weighted by Crippen LogP contribution is -2.45. The van der Waals surface area contributed by atoms with Crippen molar-refractivity contribution in [2.75, 3.05) is 25.0 Å². The van der Waals surface area contributed by atoms with Crippen LogP contribution in [0.25, 0.3) is 0 Å². The number of aryl methyl sites for hydroxylation is 1. The summed E-state index contributed by atoms with van der Waals surface area (Å²) in [5.41, 5.74) is 4.68. The molecule has 2 aromatic rings. The first-order valence-corrected chi connectivity index (χ1v) is 10.2. The molecule has 0 radical (unpaired) electrons. The van der Waals surface area contributed by atoms with Gasteiger partial charge in [0.05, 0.1) is 0 Å². The molecular formula is C23H27N3O3. The van der Waals surface area contributed by atoms with Crippen molar-refractivity contribution < 1.29 is 14.3 Å². The Hall–Kier alpha value is -2.86. The maximum absolute atomic E-state index is 12.2. The summed E-state index contributed by atoms with van der Waals surface area (Å²) in [6, 6.07) is 14.3. The van der Waals surface area contributed by atoms with Crippen LogP contribution in [0.3, 0.4) is 0 Å². The van der Waals surface area contributed by atoms with Gasteiger partial charge in [-0.15, -0.1) is 0 Å².